The first-order valence-corrected chi connectivity index (χ1v) is 5.11. The summed E-state index contributed by atoms with van der Waals surface area (Å²) in [6.45, 7) is 10.9. The van der Waals surface area contributed by atoms with Gasteiger partial charge in [-0.2, -0.15) is 0 Å². The van der Waals surface area contributed by atoms with Crippen LogP contribution in [0.5, 0.6) is 0 Å². The SMILES string of the molecule is CC(C)C1=C(C(C)C)O[C@@H](C)C=C1. The lowest BCUT2D eigenvalue weighted by Gasteiger charge is -2.26. The van der Waals surface area contributed by atoms with Gasteiger partial charge in [0.05, 0.1) is 0 Å². The molecule has 1 aliphatic rings. The monoisotopic (exact) mass is 180 g/mol. The first kappa shape index (κ1) is 10.4. The Balaban J connectivity index is 2.95. The second kappa shape index (κ2) is 3.99. The van der Waals surface area contributed by atoms with Crippen LogP contribution in [0.1, 0.15) is 34.6 Å². The molecule has 74 valence electrons. The smallest absolute Gasteiger partial charge is 0.114 e. The number of ether oxygens (including phenoxy) is 1. The summed E-state index contributed by atoms with van der Waals surface area (Å²) in [5, 5.41) is 0. The minimum absolute atomic E-state index is 0.236. The summed E-state index contributed by atoms with van der Waals surface area (Å²) in [6.07, 6.45) is 4.58. The Morgan fingerprint density at radius 2 is 1.77 bits per heavy atom. The average Bonchev–Trinajstić information content (AvgIpc) is 2.03. The molecular weight excluding hydrogens is 160 g/mol. The van der Waals surface area contributed by atoms with Gasteiger partial charge in [-0.1, -0.05) is 33.8 Å². The van der Waals surface area contributed by atoms with Crippen LogP contribution in [0.2, 0.25) is 0 Å². The van der Waals surface area contributed by atoms with Crippen LogP contribution >= 0.6 is 0 Å². The summed E-state index contributed by atoms with van der Waals surface area (Å²) in [6, 6.07) is 0. The van der Waals surface area contributed by atoms with Crippen molar-refractivity contribution in [3.63, 3.8) is 0 Å². The Hall–Kier alpha value is -0.720. The maximum atomic E-state index is 5.81. The molecule has 0 aromatic carbocycles. The van der Waals surface area contributed by atoms with Gasteiger partial charge in [0, 0.05) is 5.92 Å². The quantitative estimate of drug-likeness (QED) is 0.631. The van der Waals surface area contributed by atoms with Gasteiger partial charge in [0.2, 0.25) is 0 Å². The third-order valence-corrected chi connectivity index (χ3v) is 2.29. The zero-order chi connectivity index (χ0) is 10.0. The molecule has 0 fully saturated rings. The van der Waals surface area contributed by atoms with Crippen molar-refractivity contribution in [2.45, 2.75) is 40.7 Å². The van der Waals surface area contributed by atoms with Crippen LogP contribution in [0.4, 0.5) is 0 Å². The standard InChI is InChI=1S/C12H20O/c1-8(2)11-7-6-10(5)13-12(11)9(3)4/h6-10H,1-5H3/t10-/m0/s1. The van der Waals surface area contributed by atoms with Gasteiger partial charge in [-0.25, -0.2) is 0 Å². The molecule has 1 aliphatic heterocycles. The van der Waals surface area contributed by atoms with Gasteiger partial charge in [0.25, 0.3) is 0 Å². The topological polar surface area (TPSA) is 9.23 Å². The zero-order valence-corrected chi connectivity index (χ0v) is 9.29. The summed E-state index contributed by atoms with van der Waals surface area (Å²) in [7, 11) is 0. The van der Waals surface area contributed by atoms with E-state index in [4.69, 9.17) is 4.74 Å². The fourth-order valence-corrected chi connectivity index (χ4v) is 1.58. The number of rotatable bonds is 2. The van der Waals surface area contributed by atoms with Gasteiger partial charge in [0.1, 0.15) is 11.9 Å². The minimum atomic E-state index is 0.236. The van der Waals surface area contributed by atoms with Crippen molar-refractivity contribution in [3.8, 4) is 0 Å². The second-order valence-electron chi connectivity index (χ2n) is 4.31. The van der Waals surface area contributed by atoms with E-state index >= 15 is 0 Å². The molecule has 0 amide bonds. The molecule has 0 saturated carbocycles. The van der Waals surface area contributed by atoms with Crippen LogP contribution in [0.3, 0.4) is 0 Å². The van der Waals surface area contributed by atoms with Crippen molar-refractivity contribution < 1.29 is 4.74 Å². The van der Waals surface area contributed by atoms with Crippen LogP contribution in [0.15, 0.2) is 23.5 Å². The lowest BCUT2D eigenvalue weighted by Crippen LogP contribution is -2.16. The lowest BCUT2D eigenvalue weighted by molar-refractivity contribution is 0.137. The lowest BCUT2D eigenvalue weighted by atomic mass is 9.94. The van der Waals surface area contributed by atoms with Crippen LogP contribution in [0, 0.1) is 11.8 Å². The van der Waals surface area contributed by atoms with E-state index in [1.54, 1.807) is 0 Å². The Bertz CT molecular complexity index is 234. The molecule has 0 saturated heterocycles. The molecule has 13 heavy (non-hydrogen) atoms. The molecule has 0 bridgehead atoms. The Morgan fingerprint density at radius 3 is 2.23 bits per heavy atom. The van der Waals surface area contributed by atoms with Crippen molar-refractivity contribution in [2.75, 3.05) is 0 Å². The first-order chi connectivity index (χ1) is 6.02. The molecule has 0 spiro atoms. The van der Waals surface area contributed by atoms with E-state index in [1.165, 1.54) is 11.3 Å². The van der Waals surface area contributed by atoms with E-state index in [0.717, 1.165) is 0 Å². The van der Waals surface area contributed by atoms with E-state index in [2.05, 4.69) is 46.8 Å². The molecule has 0 radical (unpaired) electrons. The molecular formula is C12H20O. The van der Waals surface area contributed by atoms with Crippen molar-refractivity contribution in [1.29, 1.82) is 0 Å². The highest BCUT2D eigenvalue weighted by Gasteiger charge is 2.18. The van der Waals surface area contributed by atoms with Crippen molar-refractivity contribution in [2.24, 2.45) is 11.8 Å². The highest BCUT2D eigenvalue weighted by atomic mass is 16.5. The van der Waals surface area contributed by atoms with Crippen LogP contribution < -0.4 is 0 Å². The molecule has 1 rings (SSSR count). The number of hydrogen-bond donors (Lipinski definition) is 0. The molecule has 1 nitrogen and oxygen atoms in total. The highest BCUT2D eigenvalue weighted by molar-refractivity contribution is 5.29. The minimum Gasteiger partial charge on any atom is -0.490 e. The fraction of sp³-hybridized carbons (Fsp3) is 0.667. The molecule has 1 heteroatoms. The van der Waals surface area contributed by atoms with E-state index < -0.39 is 0 Å². The van der Waals surface area contributed by atoms with Gasteiger partial charge in [-0.05, 0) is 24.5 Å². The van der Waals surface area contributed by atoms with Gasteiger partial charge in [-0.3, -0.25) is 0 Å². The van der Waals surface area contributed by atoms with Gasteiger partial charge >= 0.3 is 0 Å². The summed E-state index contributed by atoms with van der Waals surface area (Å²) < 4.78 is 5.81. The largest absolute Gasteiger partial charge is 0.490 e. The summed E-state index contributed by atoms with van der Waals surface area (Å²) in [4.78, 5) is 0. The summed E-state index contributed by atoms with van der Waals surface area (Å²) >= 11 is 0. The van der Waals surface area contributed by atoms with Crippen LogP contribution in [-0.2, 0) is 4.74 Å². The third kappa shape index (κ3) is 2.36. The van der Waals surface area contributed by atoms with Crippen molar-refractivity contribution in [3.05, 3.63) is 23.5 Å². The number of hydrogen-bond acceptors (Lipinski definition) is 1. The molecule has 0 unspecified atom stereocenters. The van der Waals surface area contributed by atoms with Crippen LogP contribution in [-0.4, -0.2) is 6.10 Å². The molecule has 1 atom stereocenters. The summed E-state index contributed by atoms with van der Waals surface area (Å²) in [5.41, 5.74) is 1.35. The second-order valence-corrected chi connectivity index (χ2v) is 4.31. The van der Waals surface area contributed by atoms with E-state index in [9.17, 15) is 0 Å². The summed E-state index contributed by atoms with van der Waals surface area (Å²) in [5.74, 6) is 2.22. The highest BCUT2D eigenvalue weighted by Crippen LogP contribution is 2.28. The normalized spacial score (nSPS) is 22.8. The van der Waals surface area contributed by atoms with Crippen molar-refractivity contribution in [1.82, 2.24) is 0 Å². The molecule has 1 heterocycles. The van der Waals surface area contributed by atoms with E-state index in [0.29, 0.717) is 11.8 Å². The predicted octanol–water partition coefficient (Wildman–Crippen LogP) is 3.53. The molecule has 0 aromatic rings. The Morgan fingerprint density at radius 1 is 1.15 bits per heavy atom. The van der Waals surface area contributed by atoms with Gasteiger partial charge < -0.3 is 4.74 Å². The van der Waals surface area contributed by atoms with Gasteiger partial charge in [-0.15, -0.1) is 0 Å². The van der Waals surface area contributed by atoms with E-state index in [-0.39, 0.29) is 6.10 Å². The predicted molar refractivity (Wildman–Crippen MR) is 56.4 cm³/mol. The molecule has 0 aromatic heterocycles. The zero-order valence-electron chi connectivity index (χ0n) is 9.29. The van der Waals surface area contributed by atoms with Crippen molar-refractivity contribution >= 4 is 0 Å². The maximum absolute atomic E-state index is 5.81. The number of allylic oxidation sites excluding steroid dienone is 3. The first-order valence-electron chi connectivity index (χ1n) is 5.11. The fourth-order valence-electron chi connectivity index (χ4n) is 1.58. The average molecular weight is 180 g/mol. The Labute approximate surface area is 81.5 Å². The van der Waals surface area contributed by atoms with Gasteiger partial charge in [0.15, 0.2) is 0 Å². The third-order valence-electron chi connectivity index (χ3n) is 2.29. The maximum Gasteiger partial charge on any atom is 0.114 e. The molecule has 0 N–H and O–H groups in total. The Kier molecular flexibility index (Phi) is 3.18. The van der Waals surface area contributed by atoms with Crippen LogP contribution in [0.25, 0.3) is 0 Å². The van der Waals surface area contributed by atoms with E-state index in [1.807, 2.05) is 0 Å². The molecule has 0 aliphatic carbocycles.